The number of hydrogen-bond donors (Lipinski definition) is 0. The highest BCUT2D eigenvalue weighted by atomic mass is 16.2. The summed E-state index contributed by atoms with van der Waals surface area (Å²) in [4.78, 5) is 40.2. The van der Waals surface area contributed by atoms with Crippen molar-refractivity contribution in [1.82, 2.24) is 24.6 Å². The lowest BCUT2D eigenvalue weighted by Gasteiger charge is -2.57. The van der Waals surface area contributed by atoms with Crippen LogP contribution in [0.3, 0.4) is 0 Å². The number of nitrogens with zero attached hydrogens (tertiary/aromatic N) is 5. The van der Waals surface area contributed by atoms with Gasteiger partial charge in [0.2, 0.25) is 5.91 Å². The van der Waals surface area contributed by atoms with E-state index in [0.717, 1.165) is 45.3 Å². The molecule has 4 aliphatic rings. The van der Waals surface area contributed by atoms with Crippen LogP contribution in [0.4, 0.5) is 0 Å². The molecule has 35 heavy (non-hydrogen) atoms. The monoisotopic (exact) mass is 481 g/mol. The van der Waals surface area contributed by atoms with Crippen LogP contribution in [0.1, 0.15) is 68.1 Å². The van der Waals surface area contributed by atoms with E-state index in [1.54, 1.807) is 12.4 Å². The number of carbonyl (C=O) groups is 2. The van der Waals surface area contributed by atoms with Gasteiger partial charge >= 0.3 is 0 Å². The van der Waals surface area contributed by atoms with Crippen LogP contribution < -0.4 is 0 Å². The molecule has 4 atom stereocenters. The van der Waals surface area contributed by atoms with E-state index < -0.39 is 0 Å². The van der Waals surface area contributed by atoms with E-state index in [0.29, 0.717) is 35.9 Å². The van der Waals surface area contributed by atoms with Crippen molar-refractivity contribution < 1.29 is 9.59 Å². The quantitative estimate of drug-likeness (QED) is 0.625. The van der Waals surface area contributed by atoms with E-state index >= 15 is 0 Å². The van der Waals surface area contributed by atoms with Crippen molar-refractivity contribution in [3.63, 3.8) is 0 Å². The smallest absolute Gasteiger partial charge is 0.255 e. The van der Waals surface area contributed by atoms with E-state index in [-0.39, 0.29) is 17.9 Å². The summed E-state index contributed by atoms with van der Waals surface area (Å²) < 4.78 is 0. The summed E-state index contributed by atoms with van der Waals surface area (Å²) in [5, 5.41) is 0. The van der Waals surface area contributed by atoms with Gasteiger partial charge in [-0.1, -0.05) is 0 Å². The molecule has 0 unspecified atom stereocenters. The van der Waals surface area contributed by atoms with Crippen LogP contribution in [0.15, 0.2) is 24.5 Å². The summed E-state index contributed by atoms with van der Waals surface area (Å²) in [5.41, 5.74) is 0.692. The molecule has 4 saturated heterocycles. The van der Waals surface area contributed by atoms with Crippen LogP contribution >= 0.6 is 0 Å². The van der Waals surface area contributed by atoms with Crippen molar-refractivity contribution in [3.05, 3.63) is 30.1 Å². The highest BCUT2D eigenvalue weighted by Gasteiger charge is 2.49. The first-order valence-electron chi connectivity index (χ1n) is 13.9. The number of likely N-dealkylation sites (tertiary alicyclic amines) is 2. The van der Waals surface area contributed by atoms with Gasteiger partial charge in [-0.3, -0.25) is 19.5 Å². The topological polar surface area (TPSA) is 60.0 Å². The fourth-order valence-electron chi connectivity index (χ4n) is 7.48. The van der Waals surface area contributed by atoms with Gasteiger partial charge in [-0.25, -0.2) is 0 Å². The van der Waals surface area contributed by atoms with Gasteiger partial charge in [0.15, 0.2) is 0 Å². The third-order valence-corrected chi connectivity index (χ3v) is 9.36. The van der Waals surface area contributed by atoms with Crippen molar-refractivity contribution in [2.45, 2.75) is 75.9 Å². The molecule has 0 saturated carbocycles. The first kappa shape index (κ1) is 24.7. The number of carbonyl (C=O) groups excluding carboxylic acids is 2. The Morgan fingerprint density at radius 2 is 1.86 bits per heavy atom. The van der Waals surface area contributed by atoms with Crippen LogP contribution in [0.5, 0.6) is 0 Å². The van der Waals surface area contributed by atoms with Crippen molar-refractivity contribution in [1.29, 1.82) is 0 Å². The molecule has 7 heteroatoms. The normalized spacial score (nSPS) is 30.1. The average molecular weight is 482 g/mol. The second-order valence-corrected chi connectivity index (χ2v) is 11.4. The molecule has 0 spiro atoms. The Morgan fingerprint density at radius 1 is 1.09 bits per heavy atom. The second kappa shape index (κ2) is 11.0. The van der Waals surface area contributed by atoms with Gasteiger partial charge in [0.1, 0.15) is 0 Å². The van der Waals surface area contributed by atoms with Crippen LogP contribution in [0.25, 0.3) is 0 Å². The number of hydrogen-bond acceptors (Lipinski definition) is 5. The summed E-state index contributed by atoms with van der Waals surface area (Å²) in [6, 6.07) is 4.94. The first-order chi connectivity index (χ1) is 17.0. The zero-order valence-electron chi connectivity index (χ0n) is 21.6. The van der Waals surface area contributed by atoms with Crippen LogP contribution in [-0.4, -0.2) is 101 Å². The molecule has 4 aliphatic heterocycles. The third kappa shape index (κ3) is 5.26. The summed E-state index contributed by atoms with van der Waals surface area (Å²) in [5.74, 6) is 1.48. The van der Waals surface area contributed by atoms with Gasteiger partial charge in [0, 0.05) is 50.5 Å². The van der Waals surface area contributed by atoms with Crippen LogP contribution in [0, 0.1) is 11.8 Å². The fraction of sp³-hybridized carbons (Fsp3) is 0.750. The Morgan fingerprint density at radius 3 is 2.60 bits per heavy atom. The number of amides is 2. The zero-order chi connectivity index (χ0) is 24.4. The van der Waals surface area contributed by atoms with Crippen molar-refractivity contribution in [2.24, 2.45) is 11.8 Å². The van der Waals surface area contributed by atoms with Gasteiger partial charge < -0.3 is 14.7 Å². The zero-order valence-corrected chi connectivity index (χ0v) is 21.6. The van der Waals surface area contributed by atoms with E-state index in [4.69, 9.17) is 0 Å². The van der Waals surface area contributed by atoms with Crippen molar-refractivity contribution >= 4 is 11.8 Å². The molecule has 1 aromatic rings. The maximum atomic E-state index is 13.7. The van der Waals surface area contributed by atoms with Crippen LogP contribution in [0.2, 0.25) is 0 Å². The highest BCUT2D eigenvalue weighted by molar-refractivity contribution is 5.94. The van der Waals surface area contributed by atoms with E-state index in [1.165, 1.54) is 38.8 Å². The fourth-order valence-corrected chi connectivity index (χ4v) is 7.48. The van der Waals surface area contributed by atoms with E-state index in [2.05, 4.69) is 26.7 Å². The summed E-state index contributed by atoms with van der Waals surface area (Å²) in [6.45, 7) is 5.40. The minimum absolute atomic E-state index is 0.124. The number of rotatable bonds is 6. The standard InChI is InChI=1S/C28H43N5O2/c1-30-17-12-23(13-18-30)31(2)26(34)11-3-10-25-24-9-6-16-32-15-5-8-22(27(24)32)20-33(25)28(35)21-7-4-14-29-19-21/h4,7,14,19,22-25,27H,3,5-6,8-13,15-18,20H2,1-2H3/t22-,24+,25+,27-/m0/s1. The molecular weight excluding hydrogens is 438 g/mol. The molecule has 7 nitrogen and oxygen atoms in total. The SMILES string of the molecule is CN1CCC(N(C)C(=O)CCC[C@@H]2[C@H]3CCCN4CCC[C@@H](CN2C(=O)c2cccnc2)[C@@H]34)CC1. The molecule has 0 aliphatic carbocycles. The third-order valence-electron chi connectivity index (χ3n) is 9.36. The summed E-state index contributed by atoms with van der Waals surface area (Å²) in [6.07, 6.45) is 12.8. The molecule has 0 N–H and O–H groups in total. The lowest BCUT2D eigenvalue weighted by molar-refractivity contribution is -0.133. The molecule has 192 valence electrons. The predicted molar refractivity (Wildman–Crippen MR) is 137 cm³/mol. The molecule has 0 bridgehead atoms. The molecular formula is C28H43N5O2. The lowest BCUT2D eigenvalue weighted by atomic mass is 9.69. The Hall–Kier alpha value is -1.99. The molecule has 0 aromatic carbocycles. The highest BCUT2D eigenvalue weighted by Crippen LogP contribution is 2.43. The first-order valence-corrected chi connectivity index (χ1v) is 13.9. The lowest BCUT2D eigenvalue weighted by Crippen LogP contribution is -2.65. The molecule has 5 heterocycles. The summed E-state index contributed by atoms with van der Waals surface area (Å²) >= 11 is 0. The maximum Gasteiger partial charge on any atom is 0.255 e. The second-order valence-electron chi connectivity index (χ2n) is 11.4. The van der Waals surface area contributed by atoms with Crippen LogP contribution in [-0.2, 0) is 4.79 Å². The Labute approximate surface area is 210 Å². The van der Waals surface area contributed by atoms with Gasteiger partial charge in [0.25, 0.3) is 5.91 Å². The van der Waals surface area contributed by atoms with E-state index in [9.17, 15) is 9.59 Å². The van der Waals surface area contributed by atoms with Gasteiger partial charge in [-0.15, -0.1) is 0 Å². The average Bonchev–Trinajstić information content (AvgIpc) is 2.90. The summed E-state index contributed by atoms with van der Waals surface area (Å²) in [7, 11) is 4.15. The molecule has 0 radical (unpaired) electrons. The minimum Gasteiger partial charge on any atom is -0.343 e. The predicted octanol–water partition coefficient (Wildman–Crippen LogP) is 3.12. The van der Waals surface area contributed by atoms with Gasteiger partial charge in [-0.2, -0.15) is 0 Å². The number of piperidine rings is 4. The van der Waals surface area contributed by atoms with Crippen molar-refractivity contribution in [3.8, 4) is 0 Å². The Balaban J connectivity index is 1.27. The molecule has 4 fully saturated rings. The Kier molecular flexibility index (Phi) is 7.73. The molecule has 2 amide bonds. The maximum absolute atomic E-state index is 13.7. The van der Waals surface area contributed by atoms with Gasteiger partial charge in [0.05, 0.1) is 5.56 Å². The number of aromatic nitrogens is 1. The van der Waals surface area contributed by atoms with Crippen molar-refractivity contribution in [2.75, 3.05) is 46.8 Å². The van der Waals surface area contributed by atoms with E-state index in [1.807, 2.05) is 24.1 Å². The number of pyridine rings is 1. The minimum atomic E-state index is 0.124. The molecule has 1 aromatic heterocycles. The Bertz CT molecular complexity index is 869. The van der Waals surface area contributed by atoms with Gasteiger partial charge in [-0.05, 0) is 109 Å². The molecule has 5 rings (SSSR count). The largest absolute Gasteiger partial charge is 0.343 e.